The van der Waals surface area contributed by atoms with Crippen LogP contribution in [0.25, 0.3) is 0 Å². The highest BCUT2D eigenvalue weighted by atomic mass is 28.3. The molecule has 0 aromatic carbocycles. The fourth-order valence-corrected chi connectivity index (χ4v) is 5.53. The van der Waals surface area contributed by atoms with Gasteiger partial charge in [-0.15, -0.1) is 19.7 Å². The molecule has 0 bridgehead atoms. The van der Waals surface area contributed by atoms with Gasteiger partial charge in [-0.25, -0.2) is 4.79 Å². The Kier molecular flexibility index (Phi) is 9.81. The average Bonchev–Trinajstić information content (AvgIpc) is 2.37. The third-order valence-corrected chi connectivity index (χ3v) is 7.55. The lowest BCUT2D eigenvalue weighted by Gasteiger charge is -2.27. The predicted octanol–water partition coefficient (Wildman–Crippen LogP) is 4.50. The van der Waals surface area contributed by atoms with E-state index >= 15 is 0 Å². The van der Waals surface area contributed by atoms with Gasteiger partial charge < -0.3 is 4.74 Å². The summed E-state index contributed by atoms with van der Waals surface area (Å²) in [7, 11) is -1.54. The van der Waals surface area contributed by atoms with E-state index in [2.05, 4.69) is 19.7 Å². The molecule has 0 aliphatic heterocycles. The molecule has 3 heteroatoms. The molecule has 0 unspecified atom stereocenters. The van der Waals surface area contributed by atoms with E-state index in [1.165, 1.54) is 0 Å². The molecule has 19 heavy (non-hydrogen) atoms. The molecule has 0 saturated carbocycles. The summed E-state index contributed by atoms with van der Waals surface area (Å²) in [5.74, 6) is -0.249. The smallest absolute Gasteiger partial charge is 0.330 e. The molecular weight excluding hydrogens is 252 g/mol. The van der Waals surface area contributed by atoms with E-state index in [4.69, 9.17) is 4.74 Å². The third-order valence-electron chi connectivity index (χ3n) is 2.99. The average molecular weight is 278 g/mol. The Morgan fingerprint density at radius 1 is 1.05 bits per heavy atom. The van der Waals surface area contributed by atoms with E-state index in [1.54, 1.807) is 6.08 Å². The third kappa shape index (κ3) is 7.62. The standard InChI is InChI=1S/C16H26O2Si/c1-5-11-18-16(17)10-9-15-19(12-6-2,13-7-3)14-8-4/h6-10H,2-5,11-15H2,1H3. The minimum atomic E-state index is -1.54. The number of hydrogen-bond donors (Lipinski definition) is 0. The molecule has 0 aliphatic carbocycles. The first-order valence-corrected chi connectivity index (χ1v) is 9.63. The first-order valence-electron chi connectivity index (χ1n) is 6.80. The Labute approximate surface area is 118 Å². The van der Waals surface area contributed by atoms with Gasteiger partial charge in [-0.3, -0.25) is 0 Å². The van der Waals surface area contributed by atoms with Crippen LogP contribution in [0.5, 0.6) is 0 Å². The van der Waals surface area contributed by atoms with Crippen molar-refractivity contribution in [3.63, 3.8) is 0 Å². The van der Waals surface area contributed by atoms with Gasteiger partial charge in [-0.2, -0.15) is 0 Å². The van der Waals surface area contributed by atoms with Crippen molar-refractivity contribution in [1.82, 2.24) is 0 Å². The number of hydrogen-bond acceptors (Lipinski definition) is 2. The van der Waals surface area contributed by atoms with E-state index in [1.807, 2.05) is 31.2 Å². The highest BCUT2D eigenvalue weighted by Gasteiger charge is 2.27. The first-order chi connectivity index (χ1) is 9.14. The van der Waals surface area contributed by atoms with Crippen LogP contribution in [-0.4, -0.2) is 20.7 Å². The second kappa shape index (κ2) is 10.6. The Balaban J connectivity index is 4.57. The van der Waals surface area contributed by atoms with Gasteiger partial charge in [0.25, 0.3) is 0 Å². The van der Waals surface area contributed by atoms with Crippen molar-refractivity contribution < 1.29 is 9.53 Å². The summed E-state index contributed by atoms with van der Waals surface area (Å²) in [5.41, 5.74) is 0. The molecular formula is C16H26O2Si. The maximum absolute atomic E-state index is 11.4. The van der Waals surface area contributed by atoms with Crippen LogP contribution >= 0.6 is 0 Å². The number of carbonyl (C=O) groups excluding carboxylic acids is 1. The van der Waals surface area contributed by atoms with E-state index in [9.17, 15) is 4.79 Å². The topological polar surface area (TPSA) is 26.3 Å². The summed E-state index contributed by atoms with van der Waals surface area (Å²) in [6.07, 6.45) is 10.3. The van der Waals surface area contributed by atoms with Gasteiger partial charge in [0.2, 0.25) is 0 Å². The van der Waals surface area contributed by atoms with Gasteiger partial charge in [-0.05, 0) is 30.6 Å². The monoisotopic (exact) mass is 278 g/mol. The van der Waals surface area contributed by atoms with Gasteiger partial charge in [0, 0.05) is 6.08 Å². The predicted molar refractivity (Wildman–Crippen MR) is 86.0 cm³/mol. The van der Waals surface area contributed by atoms with Crippen molar-refractivity contribution in [2.75, 3.05) is 6.61 Å². The van der Waals surface area contributed by atoms with Crippen molar-refractivity contribution in [3.8, 4) is 0 Å². The van der Waals surface area contributed by atoms with E-state index in [0.717, 1.165) is 30.6 Å². The molecule has 2 nitrogen and oxygen atoms in total. The minimum absolute atomic E-state index is 0.249. The summed E-state index contributed by atoms with van der Waals surface area (Å²) in [4.78, 5) is 11.4. The van der Waals surface area contributed by atoms with Crippen LogP contribution < -0.4 is 0 Å². The minimum Gasteiger partial charge on any atom is -0.463 e. The number of ether oxygens (including phenoxy) is 1. The Bertz CT molecular complexity index is 305. The molecule has 0 heterocycles. The Morgan fingerprint density at radius 3 is 2.00 bits per heavy atom. The highest BCUT2D eigenvalue weighted by Crippen LogP contribution is 2.27. The van der Waals surface area contributed by atoms with Crippen LogP contribution in [0, 0.1) is 0 Å². The summed E-state index contributed by atoms with van der Waals surface area (Å²) in [6.45, 7) is 14.0. The van der Waals surface area contributed by atoms with Crippen LogP contribution in [0.2, 0.25) is 24.2 Å². The largest absolute Gasteiger partial charge is 0.463 e. The van der Waals surface area contributed by atoms with Crippen LogP contribution in [0.15, 0.2) is 50.1 Å². The fraction of sp³-hybridized carbons (Fsp3) is 0.438. The lowest BCUT2D eigenvalue weighted by atomic mass is 10.5. The van der Waals surface area contributed by atoms with Gasteiger partial charge in [0.1, 0.15) is 0 Å². The molecule has 0 atom stereocenters. The number of rotatable bonds is 11. The zero-order valence-corrected chi connectivity index (χ0v) is 13.1. The van der Waals surface area contributed by atoms with Gasteiger partial charge >= 0.3 is 5.97 Å². The maximum atomic E-state index is 11.4. The normalized spacial score (nSPS) is 11.2. The molecule has 0 aromatic rings. The molecule has 0 radical (unpaired) electrons. The summed E-state index contributed by atoms with van der Waals surface area (Å²) in [5, 5.41) is 0. The van der Waals surface area contributed by atoms with Crippen molar-refractivity contribution in [2.24, 2.45) is 0 Å². The van der Waals surface area contributed by atoms with E-state index in [0.29, 0.717) is 6.61 Å². The van der Waals surface area contributed by atoms with Gasteiger partial charge in [-0.1, -0.05) is 31.2 Å². The second-order valence-corrected chi connectivity index (χ2v) is 9.39. The Morgan fingerprint density at radius 2 is 1.58 bits per heavy atom. The van der Waals surface area contributed by atoms with Gasteiger partial charge in [0.05, 0.1) is 14.7 Å². The molecule has 0 rings (SSSR count). The van der Waals surface area contributed by atoms with E-state index in [-0.39, 0.29) is 5.97 Å². The number of esters is 1. The second-order valence-electron chi connectivity index (χ2n) is 4.75. The molecule has 0 amide bonds. The van der Waals surface area contributed by atoms with Crippen molar-refractivity contribution in [1.29, 1.82) is 0 Å². The number of allylic oxidation sites excluding steroid dienone is 4. The first kappa shape index (κ1) is 17.6. The lowest BCUT2D eigenvalue weighted by Crippen LogP contribution is -2.31. The van der Waals surface area contributed by atoms with E-state index < -0.39 is 8.07 Å². The molecule has 0 aliphatic rings. The van der Waals surface area contributed by atoms with Crippen molar-refractivity contribution in [3.05, 3.63) is 50.1 Å². The lowest BCUT2D eigenvalue weighted by molar-refractivity contribution is -0.137. The van der Waals surface area contributed by atoms with Crippen molar-refractivity contribution in [2.45, 2.75) is 37.5 Å². The summed E-state index contributed by atoms with van der Waals surface area (Å²) in [6, 6.07) is 3.97. The summed E-state index contributed by atoms with van der Waals surface area (Å²) >= 11 is 0. The molecule has 0 spiro atoms. The zero-order chi connectivity index (χ0) is 14.6. The Hall–Kier alpha value is -1.35. The van der Waals surface area contributed by atoms with Gasteiger partial charge in [0.15, 0.2) is 0 Å². The molecule has 0 N–H and O–H groups in total. The molecule has 0 saturated heterocycles. The zero-order valence-electron chi connectivity index (χ0n) is 12.1. The van der Waals surface area contributed by atoms with Crippen LogP contribution in [-0.2, 0) is 9.53 Å². The maximum Gasteiger partial charge on any atom is 0.330 e. The summed E-state index contributed by atoms with van der Waals surface area (Å²) < 4.78 is 5.02. The van der Waals surface area contributed by atoms with Crippen LogP contribution in [0.1, 0.15) is 13.3 Å². The number of carbonyl (C=O) groups is 1. The molecule has 106 valence electrons. The molecule has 0 aromatic heterocycles. The SMILES string of the molecule is C=CC[Si](CC=C)(CC=C)CC=CC(=O)OCCC. The molecule has 0 fully saturated rings. The fourth-order valence-electron chi connectivity index (χ4n) is 2.07. The highest BCUT2D eigenvalue weighted by molar-refractivity contribution is 6.81. The van der Waals surface area contributed by atoms with Crippen molar-refractivity contribution >= 4 is 14.0 Å². The van der Waals surface area contributed by atoms with Crippen LogP contribution in [0.4, 0.5) is 0 Å². The van der Waals surface area contributed by atoms with Crippen LogP contribution in [0.3, 0.4) is 0 Å². The quantitative estimate of drug-likeness (QED) is 0.241.